The van der Waals surface area contributed by atoms with Gasteiger partial charge in [0.2, 0.25) is 0 Å². The Kier molecular flexibility index (Phi) is 9.62. The molecule has 20 heteroatoms. The van der Waals surface area contributed by atoms with Crippen LogP contribution in [0.1, 0.15) is 58.8 Å². The summed E-state index contributed by atoms with van der Waals surface area (Å²) in [7, 11) is 5.79. The third kappa shape index (κ3) is 6.22. The maximum Gasteiger partial charge on any atom is 0.343 e. The summed E-state index contributed by atoms with van der Waals surface area (Å²) < 4.78 is 15.3. The number of carbonyl (C=O) groups excluding carboxylic acids is 2. The molecule has 5 aromatic rings. The molecular formula is C28H34N16O4. The van der Waals surface area contributed by atoms with Gasteiger partial charge in [0, 0.05) is 20.2 Å². The summed E-state index contributed by atoms with van der Waals surface area (Å²) in [5, 5.41) is 34.7. The van der Waals surface area contributed by atoms with Crippen LogP contribution in [0.2, 0.25) is 0 Å². The first-order valence-corrected chi connectivity index (χ1v) is 14.7. The number of nitrogens with two attached hydrogens (primary N) is 2. The lowest BCUT2D eigenvalue weighted by atomic mass is 10.2. The van der Waals surface area contributed by atoms with E-state index >= 15 is 0 Å². The SMILES string of the molecule is CCCc1nn(-c2cc(-n3nc(CCC)c(/N=N/c4c(C(=O)OC)cnn4C)c3N)ncn2)c(N)c1/N=N/c1c(C(=O)OC)cnn1C. The molecule has 5 heterocycles. The molecule has 0 bridgehead atoms. The molecule has 250 valence electrons. The summed E-state index contributed by atoms with van der Waals surface area (Å²) in [4.78, 5) is 33.1. The molecule has 0 radical (unpaired) electrons. The van der Waals surface area contributed by atoms with Crippen LogP contribution in [0, 0.1) is 0 Å². The number of esters is 2. The average Bonchev–Trinajstić information content (AvgIpc) is 3.82. The largest absolute Gasteiger partial charge is 0.465 e. The van der Waals surface area contributed by atoms with Crippen molar-refractivity contribution >= 4 is 46.6 Å². The van der Waals surface area contributed by atoms with E-state index in [4.69, 9.17) is 20.9 Å². The lowest BCUT2D eigenvalue weighted by molar-refractivity contribution is 0.0592. The molecule has 0 atom stereocenters. The van der Waals surface area contributed by atoms with E-state index in [1.807, 2.05) is 13.8 Å². The molecule has 0 saturated carbocycles. The number of nitrogen functional groups attached to an aromatic ring is 2. The maximum atomic E-state index is 12.2. The van der Waals surface area contributed by atoms with E-state index in [1.54, 1.807) is 20.2 Å². The molecule has 0 aliphatic carbocycles. The van der Waals surface area contributed by atoms with Gasteiger partial charge in [0.15, 0.2) is 46.3 Å². The zero-order valence-corrected chi connectivity index (χ0v) is 27.2. The van der Waals surface area contributed by atoms with Crippen LogP contribution in [0.25, 0.3) is 11.6 Å². The predicted molar refractivity (Wildman–Crippen MR) is 171 cm³/mol. The van der Waals surface area contributed by atoms with E-state index in [0.717, 1.165) is 12.8 Å². The van der Waals surface area contributed by atoms with Crippen molar-refractivity contribution in [3.05, 3.63) is 47.3 Å². The van der Waals surface area contributed by atoms with Gasteiger partial charge in [-0.25, -0.2) is 28.9 Å². The van der Waals surface area contributed by atoms with E-state index < -0.39 is 11.9 Å². The highest BCUT2D eigenvalue weighted by Gasteiger charge is 2.23. The van der Waals surface area contributed by atoms with Gasteiger partial charge in [-0.05, 0) is 12.8 Å². The molecule has 0 aliphatic heterocycles. The van der Waals surface area contributed by atoms with Crippen molar-refractivity contribution in [3.63, 3.8) is 0 Å². The fourth-order valence-electron chi connectivity index (χ4n) is 4.69. The molecule has 0 amide bonds. The second-order valence-electron chi connectivity index (χ2n) is 10.3. The maximum absolute atomic E-state index is 12.2. The minimum Gasteiger partial charge on any atom is -0.465 e. The molecule has 0 aromatic carbocycles. The lowest BCUT2D eigenvalue weighted by Crippen LogP contribution is -2.09. The van der Waals surface area contributed by atoms with E-state index in [1.165, 1.54) is 51.7 Å². The number of azo groups is 2. The molecule has 0 spiro atoms. The topological polar surface area (TPSA) is 251 Å². The number of carbonyl (C=O) groups is 2. The van der Waals surface area contributed by atoms with Crippen LogP contribution in [0.5, 0.6) is 0 Å². The third-order valence-corrected chi connectivity index (χ3v) is 7.09. The number of aromatic nitrogens is 10. The molecule has 0 fully saturated rings. The zero-order chi connectivity index (χ0) is 34.5. The molecule has 0 aliphatic rings. The van der Waals surface area contributed by atoms with Gasteiger partial charge < -0.3 is 20.9 Å². The van der Waals surface area contributed by atoms with E-state index in [9.17, 15) is 9.59 Å². The monoisotopic (exact) mass is 658 g/mol. The fraction of sp³-hybridized carbons (Fsp3) is 0.357. The van der Waals surface area contributed by atoms with Crippen molar-refractivity contribution in [1.29, 1.82) is 0 Å². The van der Waals surface area contributed by atoms with Gasteiger partial charge in [0.05, 0.1) is 38.0 Å². The van der Waals surface area contributed by atoms with Crippen LogP contribution in [0.4, 0.5) is 34.6 Å². The van der Waals surface area contributed by atoms with Gasteiger partial charge in [-0.15, -0.1) is 20.5 Å². The highest BCUT2D eigenvalue weighted by Crippen LogP contribution is 2.34. The first-order valence-electron chi connectivity index (χ1n) is 14.7. The van der Waals surface area contributed by atoms with Crippen LogP contribution in [0.3, 0.4) is 0 Å². The summed E-state index contributed by atoms with van der Waals surface area (Å²) in [6.45, 7) is 3.98. The lowest BCUT2D eigenvalue weighted by Gasteiger charge is -2.06. The minimum absolute atomic E-state index is 0.148. The summed E-state index contributed by atoms with van der Waals surface area (Å²) in [5.41, 5.74) is 15.1. The Bertz CT molecular complexity index is 1890. The first-order chi connectivity index (χ1) is 23.1. The van der Waals surface area contributed by atoms with Crippen LogP contribution in [-0.4, -0.2) is 75.2 Å². The number of anilines is 2. The standard InChI is InChI=1S/C28H34N16O4/c1-7-9-17-21(35-37-25-15(27(45)47-5)12-33-41(25)3)23(29)43(39-17)19-11-20(32-14-31-19)44-24(30)22(18(40-44)10-8-2)36-38-26-16(28(46)48-6)13-34-42(26)4/h11-14H,7-10,29-30H2,1-6H3/b37-35+,38-36+. The van der Waals surface area contributed by atoms with Crippen molar-refractivity contribution in [2.24, 2.45) is 34.6 Å². The van der Waals surface area contributed by atoms with Gasteiger partial charge in [-0.1, -0.05) is 26.7 Å². The number of hydrogen-bond acceptors (Lipinski definition) is 16. The zero-order valence-electron chi connectivity index (χ0n) is 27.2. The van der Waals surface area contributed by atoms with Crippen LogP contribution in [0.15, 0.2) is 45.2 Å². The Morgan fingerprint density at radius 3 is 1.52 bits per heavy atom. The first kappa shape index (κ1) is 33.0. The highest BCUT2D eigenvalue weighted by molar-refractivity contribution is 5.94. The second kappa shape index (κ2) is 14.0. The summed E-state index contributed by atoms with van der Waals surface area (Å²) in [6, 6.07) is 1.60. The molecule has 4 N–H and O–H groups in total. The molecule has 5 aromatic heterocycles. The summed E-state index contributed by atoms with van der Waals surface area (Å²) in [5.74, 6) is 0.0960. The van der Waals surface area contributed by atoms with E-state index in [0.29, 0.717) is 47.2 Å². The van der Waals surface area contributed by atoms with Crippen molar-refractivity contribution < 1.29 is 19.1 Å². The Morgan fingerprint density at radius 1 is 0.729 bits per heavy atom. The molecule has 0 unspecified atom stereocenters. The molecule has 48 heavy (non-hydrogen) atoms. The quantitative estimate of drug-likeness (QED) is 0.143. The van der Waals surface area contributed by atoms with E-state index in [2.05, 4.69) is 50.8 Å². The summed E-state index contributed by atoms with van der Waals surface area (Å²) in [6.07, 6.45) is 6.58. The molecule has 20 nitrogen and oxygen atoms in total. The van der Waals surface area contributed by atoms with E-state index in [-0.39, 0.29) is 34.4 Å². The van der Waals surface area contributed by atoms with Gasteiger partial charge in [-0.3, -0.25) is 0 Å². The van der Waals surface area contributed by atoms with Crippen LogP contribution in [-0.2, 0) is 36.4 Å². The number of aryl methyl sites for hydroxylation is 4. The molecule has 5 rings (SSSR count). The molecule has 0 saturated heterocycles. The van der Waals surface area contributed by atoms with Gasteiger partial charge in [0.1, 0.15) is 17.5 Å². The number of rotatable bonds is 12. The van der Waals surface area contributed by atoms with Gasteiger partial charge >= 0.3 is 11.9 Å². The third-order valence-electron chi connectivity index (χ3n) is 7.09. The highest BCUT2D eigenvalue weighted by atomic mass is 16.5. The van der Waals surface area contributed by atoms with Crippen molar-refractivity contribution in [2.75, 3.05) is 25.7 Å². The van der Waals surface area contributed by atoms with Crippen molar-refractivity contribution in [2.45, 2.75) is 39.5 Å². The number of methoxy groups -OCH3 is 2. The predicted octanol–water partition coefficient (Wildman–Crippen LogP) is 3.79. The van der Waals surface area contributed by atoms with Crippen molar-refractivity contribution in [3.8, 4) is 11.6 Å². The van der Waals surface area contributed by atoms with Gasteiger partial charge in [-0.2, -0.15) is 29.8 Å². The fourth-order valence-corrected chi connectivity index (χ4v) is 4.69. The van der Waals surface area contributed by atoms with Crippen LogP contribution < -0.4 is 11.5 Å². The van der Waals surface area contributed by atoms with Crippen LogP contribution >= 0.6 is 0 Å². The number of nitrogens with zero attached hydrogens (tertiary/aromatic N) is 14. The smallest absolute Gasteiger partial charge is 0.343 e. The Balaban J connectivity index is 1.54. The average molecular weight is 659 g/mol. The number of ether oxygens (including phenoxy) is 2. The van der Waals surface area contributed by atoms with Crippen molar-refractivity contribution in [1.82, 2.24) is 49.1 Å². The minimum atomic E-state index is -0.601. The Morgan fingerprint density at radius 2 is 1.15 bits per heavy atom. The molecular weight excluding hydrogens is 624 g/mol. The Labute approximate surface area is 273 Å². The normalized spacial score (nSPS) is 11.6. The number of hydrogen-bond donors (Lipinski definition) is 2. The Hall–Kier alpha value is -6.34. The second-order valence-corrected chi connectivity index (χ2v) is 10.3. The van der Waals surface area contributed by atoms with Gasteiger partial charge in [0.25, 0.3) is 0 Å². The summed E-state index contributed by atoms with van der Waals surface area (Å²) >= 11 is 0.